The number of aliphatic imine (C=N–C) groups is 1. The van der Waals surface area contributed by atoms with Crippen LogP contribution in [0.1, 0.15) is 40.0 Å². The van der Waals surface area contributed by atoms with Crippen LogP contribution in [-0.2, 0) is 38.4 Å². The van der Waals surface area contributed by atoms with Gasteiger partial charge >= 0.3 is 5.97 Å². The second kappa shape index (κ2) is 18.5. The number of nitrogens with two attached hydrogens (primary N) is 3. The van der Waals surface area contributed by atoms with Gasteiger partial charge in [-0.3, -0.25) is 43.3 Å². The predicted molar refractivity (Wildman–Crippen MR) is 165 cm³/mol. The average Bonchev–Trinajstić information content (AvgIpc) is 2.92. The number of nitrogens with one attached hydrogen (secondary N) is 6. The number of hydrogen-bond acceptors (Lipinski definition) is 11. The molecular weight excluding hydrogens is 636 g/mol. The number of primary amides is 1. The summed E-state index contributed by atoms with van der Waals surface area (Å²) >= 11 is 0. The van der Waals surface area contributed by atoms with Gasteiger partial charge in [-0.1, -0.05) is 21.6 Å². The molecule has 252 valence electrons. The summed E-state index contributed by atoms with van der Waals surface area (Å²) in [6, 6.07) is -5.37. The zero-order chi connectivity index (χ0) is 34.3. The van der Waals surface area contributed by atoms with Gasteiger partial charge in [0.25, 0.3) is 0 Å². The number of nitrogens with zero attached hydrogens (tertiary/aromatic N) is 1. The Morgan fingerprint density at radius 2 is 1.51 bits per heavy atom. The van der Waals surface area contributed by atoms with Crippen LogP contribution in [0.15, 0.2) is 4.99 Å². The summed E-state index contributed by atoms with van der Waals surface area (Å²) in [5.41, 5.74) is 16.1. The second-order valence-corrected chi connectivity index (χ2v) is 13.3. The molecule has 1 saturated heterocycles. The van der Waals surface area contributed by atoms with Crippen molar-refractivity contribution in [2.45, 2.75) is 68.9 Å². The molecule has 19 nitrogen and oxygen atoms in total. The van der Waals surface area contributed by atoms with Gasteiger partial charge in [0.2, 0.25) is 41.4 Å². The van der Waals surface area contributed by atoms with Crippen LogP contribution in [0.25, 0.3) is 0 Å². The standard InChI is InChI=1S/C24H40N10O9S2/c1-11(35)31-14-10-44-45-24(2,3)18(19(25)40)34-22(43)13(7-17(38)39)33-16(37)9-29-20(41)12(5-4-6-28-23(26)27)32-15(36)8-30-21(14)42/h12-14,18H,4-10H2,1-3H3,(H2,25,40)(H,29,41)(H,30,42)(H,31,35)(H,32,36)(H,33,37)(H,34,43)(H,38,39)(H4,26,27,28)/t12-,13-,14-,18+/m0/s1. The van der Waals surface area contributed by atoms with Crippen LogP contribution in [0, 0.1) is 0 Å². The minimum absolute atomic E-state index is 0.0145. The second-order valence-electron chi connectivity index (χ2n) is 10.3. The quantitative estimate of drug-likeness (QED) is 0.0501. The van der Waals surface area contributed by atoms with Crippen LogP contribution in [0.5, 0.6) is 0 Å². The Labute approximate surface area is 266 Å². The first kappa shape index (κ1) is 38.8. The number of amides is 7. The summed E-state index contributed by atoms with van der Waals surface area (Å²) in [7, 11) is 2.09. The average molecular weight is 677 g/mol. The van der Waals surface area contributed by atoms with Crippen molar-refractivity contribution < 1.29 is 43.5 Å². The van der Waals surface area contributed by atoms with Crippen LogP contribution in [0.4, 0.5) is 0 Å². The molecule has 0 aromatic carbocycles. The molecule has 1 aliphatic rings. The van der Waals surface area contributed by atoms with Gasteiger partial charge in [0, 0.05) is 24.0 Å². The van der Waals surface area contributed by atoms with E-state index in [0.717, 1.165) is 21.6 Å². The third kappa shape index (κ3) is 14.8. The van der Waals surface area contributed by atoms with Gasteiger partial charge in [-0.15, -0.1) is 0 Å². The first-order valence-electron chi connectivity index (χ1n) is 13.5. The fourth-order valence-corrected chi connectivity index (χ4v) is 6.62. The Kier molecular flexibility index (Phi) is 15.9. The molecule has 7 amide bonds. The molecule has 0 spiro atoms. The number of carbonyl (C=O) groups excluding carboxylic acids is 7. The molecule has 4 atom stereocenters. The molecule has 21 heteroatoms. The topological polar surface area (TPSA) is 319 Å². The van der Waals surface area contributed by atoms with Crippen LogP contribution >= 0.6 is 21.6 Å². The third-order valence-electron chi connectivity index (χ3n) is 5.94. The van der Waals surface area contributed by atoms with Crippen molar-refractivity contribution in [3.05, 3.63) is 0 Å². The van der Waals surface area contributed by atoms with Gasteiger partial charge in [-0.2, -0.15) is 0 Å². The molecule has 0 unspecified atom stereocenters. The summed E-state index contributed by atoms with van der Waals surface area (Å²) in [5, 5.41) is 23.5. The summed E-state index contributed by atoms with van der Waals surface area (Å²) in [6.45, 7) is 3.13. The summed E-state index contributed by atoms with van der Waals surface area (Å²) in [6.07, 6.45) is -0.622. The van der Waals surface area contributed by atoms with Crippen LogP contribution in [0.3, 0.4) is 0 Å². The highest BCUT2D eigenvalue weighted by Gasteiger charge is 2.39. The Morgan fingerprint density at radius 3 is 2.04 bits per heavy atom. The van der Waals surface area contributed by atoms with Crippen molar-refractivity contribution in [3.8, 4) is 0 Å². The van der Waals surface area contributed by atoms with E-state index in [1.807, 2.05) is 0 Å². The molecule has 0 aliphatic carbocycles. The summed E-state index contributed by atoms with van der Waals surface area (Å²) in [4.78, 5) is 103. The lowest BCUT2D eigenvalue weighted by molar-refractivity contribution is -0.141. The molecule has 0 saturated carbocycles. The van der Waals surface area contributed by atoms with E-state index in [-0.39, 0.29) is 31.1 Å². The predicted octanol–water partition coefficient (Wildman–Crippen LogP) is -4.63. The van der Waals surface area contributed by atoms with E-state index in [4.69, 9.17) is 17.2 Å². The Bertz CT molecular complexity index is 1180. The SMILES string of the molecule is CC(=O)N[C@H]1CSSC(C)(C)[C@@H](C(N)=O)NC(=O)[C@H](CC(=O)O)NC(=O)CNC(=O)[C@H](CCCN=C(N)N)NC(=O)CNC1=O. The molecule has 0 aromatic heterocycles. The van der Waals surface area contributed by atoms with Gasteiger partial charge in [0.15, 0.2) is 5.96 Å². The van der Waals surface area contributed by atoms with Crippen molar-refractivity contribution in [1.29, 1.82) is 0 Å². The number of aliphatic carboxylic acids is 1. The van der Waals surface area contributed by atoms with Gasteiger partial charge < -0.3 is 54.2 Å². The highest BCUT2D eigenvalue weighted by atomic mass is 33.1. The van der Waals surface area contributed by atoms with Crippen molar-refractivity contribution in [2.75, 3.05) is 25.4 Å². The normalized spacial score (nSPS) is 23.9. The maximum absolute atomic E-state index is 13.1. The van der Waals surface area contributed by atoms with Gasteiger partial charge in [-0.25, -0.2) is 0 Å². The highest BCUT2D eigenvalue weighted by molar-refractivity contribution is 8.77. The lowest BCUT2D eigenvalue weighted by atomic mass is 10.0. The molecule has 1 fully saturated rings. The van der Waals surface area contributed by atoms with Crippen molar-refractivity contribution in [3.63, 3.8) is 0 Å². The van der Waals surface area contributed by atoms with Gasteiger partial charge in [-0.05, 0) is 26.7 Å². The molecule has 0 bridgehead atoms. The van der Waals surface area contributed by atoms with Crippen molar-refractivity contribution in [2.24, 2.45) is 22.2 Å². The van der Waals surface area contributed by atoms with E-state index in [9.17, 15) is 43.5 Å². The molecule has 45 heavy (non-hydrogen) atoms. The molecule has 0 radical (unpaired) electrons. The van der Waals surface area contributed by atoms with Crippen LogP contribution in [-0.4, -0.2) is 113 Å². The van der Waals surface area contributed by atoms with E-state index in [1.165, 1.54) is 6.92 Å². The van der Waals surface area contributed by atoms with E-state index >= 15 is 0 Å². The Balaban J connectivity index is 3.35. The highest BCUT2D eigenvalue weighted by Crippen LogP contribution is 2.38. The first-order chi connectivity index (χ1) is 20.9. The lowest BCUT2D eigenvalue weighted by Gasteiger charge is -2.33. The number of carbonyl (C=O) groups is 8. The van der Waals surface area contributed by atoms with Crippen LogP contribution in [0.2, 0.25) is 0 Å². The fraction of sp³-hybridized carbons (Fsp3) is 0.625. The van der Waals surface area contributed by atoms with Gasteiger partial charge in [0.05, 0.1) is 19.5 Å². The number of carboxylic acids is 1. The van der Waals surface area contributed by atoms with Crippen molar-refractivity contribution >= 4 is 74.9 Å². The minimum atomic E-state index is -1.66. The Morgan fingerprint density at radius 1 is 0.933 bits per heavy atom. The smallest absolute Gasteiger partial charge is 0.305 e. The van der Waals surface area contributed by atoms with E-state index in [2.05, 4.69) is 36.9 Å². The lowest BCUT2D eigenvalue weighted by Crippen LogP contribution is -2.60. The van der Waals surface area contributed by atoms with E-state index in [1.54, 1.807) is 13.8 Å². The number of hydrogen-bond donors (Lipinski definition) is 10. The summed E-state index contributed by atoms with van der Waals surface area (Å²) < 4.78 is -1.15. The zero-order valence-electron chi connectivity index (χ0n) is 25.0. The minimum Gasteiger partial charge on any atom is -0.481 e. The monoisotopic (exact) mass is 676 g/mol. The molecule has 1 rings (SSSR count). The molecule has 0 aromatic rings. The van der Waals surface area contributed by atoms with E-state index < -0.39 is 95.7 Å². The molecule has 13 N–H and O–H groups in total. The maximum Gasteiger partial charge on any atom is 0.305 e. The Hall–Kier alpha value is -4.27. The number of carboxylic acid groups (broad SMARTS) is 1. The number of rotatable bonds is 8. The summed E-state index contributed by atoms with van der Waals surface area (Å²) in [5.74, 6) is -7.46. The van der Waals surface area contributed by atoms with Gasteiger partial charge in [0.1, 0.15) is 24.2 Å². The molecule has 1 heterocycles. The van der Waals surface area contributed by atoms with E-state index in [0.29, 0.717) is 0 Å². The van der Waals surface area contributed by atoms with Crippen LogP contribution < -0.4 is 49.1 Å². The third-order valence-corrected chi connectivity index (χ3v) is 9.25. The fourth-order valence-electron chi connectivity index (χ4n) is 3.79. The zero-order valence-corrected chi connectivity index (χ0v) is 26.6. The maximum atomic E-state index is 13.1. The number of guanidine groups is 1. The molecule has 1 aliphatic heterocycles. The molecular formula is C24H40N10O9S2. The first-order valence-corrected chi connectivity index (χ1v) is 15.8. The largest absolute Gasteiger partial charge is 0.481 e. The van der Waals surface area contributed by atoms with Crippen molar-refractivity contribution in [1.82, 2.24) is 31.9 Å².